The van der Waals surface area contributed by atoms with Gasteiger partial charge in [-0.25, -0.2) is 0 Å². The van der Waals surface area contributed by atoms with E-state index < -0.39 is 106 Å². The van der Waals surface area contributed by atoms with E-state index in [0.29, 0.717) is 12.8 Å². The van der Waals surface area contributed by atoms with Gasteiger partial charge in [-0.1, -0.05) is 25.1 Å². The van der Waals surface area contributed by atoms with Gasteiger partial charge in [0.15, 0.2) is 16.7 Å². The molecule has 0 radical (unpaired) electrons. The van der Waals surface area contributed by atoms with Gasteiger partial charge in [-0.3, -0.25) is 14.6 Å². The fraction of sp³-hybridized carbons (Fsp3) is 0.776. The molecule has 2 bridgehead atoms. The second kappa shape index (κ2) is 22.6. The maximum absolute atomic E-state index is 14.4. The number of fused-ring (bicyclic) bond motifs is 5. The van der Waals surface area contributed by atoms with Crippen LogP contribution in [0.3, 0.4) is 0 Å². The quantitative estimate of drug-likeness (QED) is 0.114. The van der Waals surface area contributed by atoms with Crippen molar-refractivity contribution in [1.29, 1.82) is 0 Å². The SMILES string of the molecule is CO[C@]1(C)C[C@H](O[C@H]2[C@H](C)[C@H]3O[C@@H]4O[C@H](C)C[C@H](N(C)C)[C@H]4OC(CCNC(=O)CNc4ccnc5ccccc45)[C@@H](CN(C)[C@H](C)[C@@H](O)[C@](C)(O)[C@@H](I)OC(=O)[C@@H]2C)C[C@@]3(C)O)O[C@@H](C)[C@@H]1O. The summed E-state index contributed by atoms with van der Waals surface area (Å²) in [4.78, 5) is 36.3. The van der Waals surface area contributed by atoms with E-state index in [1.54, 1.807) is 40.8 Å². The van der Waals surface area contributed by atoms with E-state index in [1.807, 2.05) is 92.8 Å². The fourth-order valence-electron chi connectivity index (χ4n) is 10.7. The summed E-state index contributed by atoms with van der Waals surface area (Å²) in [7, 11) is 7.30. The summed E-state index contributed by atoms with van der Waals surface area (Å²) in [6.45, 7) is 14.4. The molecule has 4 aliphatic heterocycles. The molecular formula is C49H78IN5O13. The molecule has 0 aliphatic carbocycles. The highest BCUT2D eigenvalue weighted by Gasteiger charge is 2.55. The van der Waals surface area contributed by atoms with Gasteiger partial charge in [0, 0.05) is 67.8 Å². The molecule has 4 fully saturated rings. The predicted molar refractivity (Wildman–Crippen MR) is 263 cm³/mol. The normalized spacial score (nSPS) is 42.5. The zero-order chi connectivity index (χ0) is 50.0. The Morgan fingerprint density at radius 1 is 1.00 bits per heavy atom. The number of ether oxygens (including phenoxy) is 7. The van der Waals surface area contributed by atoms with Crippen molar-refractivity contribution in [1.82, 2.24) is 20.1 Å². The molecule has 2 aromatic rings. The Labute approximate surface area is 415 Å². The van der Waals surface area contributed by atoms with Gasteiger partial charge in [-0.15, -0.1) is 0 Å². The van der Waals surface area contributed by atoms with Gasteiger partial charge in [0.25, 0.3) is 0 Å². The molecule has 6 rings (SSSR count). The van der Waals surface area contributed by atoms with Crippen molar-refractivity contribution in [2.24, 2.45) is 17.8 Å². The number of carbonyl (C=O) groups excluding carboxylic acids is 2. The molecule has 1 amide bonds. The van der Waals surface area contributed by atoms with Crippen LogP contribution in [0.15, 0.2) is 36.5 Å². The Morgan fingerprint density at radius 2 is 1.71 bits per heavy atom. The standard InChI is InChI=1S/C49H78IN5O13/c1-26-21-35(54(9)10)40-45(63-26)67-43-27(2)39(66-38-23-48(7,62-12)42(58)30(5)64-38)28(3)44(59)68-46(50)49(8,61)41(57)29(4)55(11)25-31(22-47(43,6)60)36(65-40)18-20-52-37(56)24-53-34-17-19-51-33-16-14-13-15-32(33)34/h13-17,19,26-31,35-36,38-43,45-46,57-58,60-61H,18,20-25H2,1-12H3,(H,51,53)(H,52,56)/t26-,27+,28-,29-,30+,31-,35+,36?,38+,39+,40-,41-,42+,43-,45+,46+,47-,48-,49+/m1/s1. The third-order valence-electron chi connectivity index (χ3n) is 15.1. The van der Waals surface area contributed by atoms with Crippen molar-refractivity contribution in [3.05, 3.63) is 36.5 Å². The third kappa shape index (κ3) is 12.3. The first-order valence-corrected chi connectivity index (χ1v) is 25.3. The number of amides is 1. The van der Waals surface area contributed by atoms with Crippen LogP contribution in [-0.4, -0.2) is 189 Å². The van der Waals surface area contributed by atoms with E-state index in [-0.39, 0.29) is 50.5 Å². The van der Waals surface area contributed by atoms with E-state index >= 15 is 0 Å². The van der Waals surface area contributed by atoms with E-state index in [0.717, 1.165) is 16.6 Å². The number of pyridine rings is 1. The first-order valence-electron chi connectivity index (χ1n) is 24.1. The second-order valence-electron chi connectivity index (χ2n) is 20.8. The minimum absolute atomic E-state index is 0.0179. The average molecular weight is 1070 g/mol. The summed E-state index contributed by atoms with van der Waals surface area (Å²) < 4.78 is 44.7. The van der Waals surface area contributed by atoms with Crippen LogP contribution in [-0.2, 0) is 42.7 Å². The van der Waals surface area contributed by atoms with Gasteiger partial charge in [0.2, 0.25) is 5.91 Å². The minimum atomic E-state index is -1.92. The van der Waals surface area contributed by atoms with Crippen LogP contribution in [0, 0.1) is 17.8 Å². The number of anilines is 1. The molecule has 18 nitrogen and oxygen atoms in total. The van der Waals surface area contributed by atoms with Gasteiger partial charge < -0.3 is 74.0 Å². The van der Waals surface area contributed by atoms with Crippen molar-refractivity contribution in [2.45, 2.75) is 175 Å². The molecule has 19 atom stereocenters. The number of carbonyl (C=O) groups is 2. The number of para-hydroxylation sites is 1. The lowest BCUT2D eigenvalue weighted by Gasteiger charge is -2.48. The number of alkyl halides is 1. The first-order chi connectivity index (χ1) is 31.9. The van der Waals surface area contributed by atoms with Crippen LogP contribution in [0.5, 0.6) is 0 Å². The molecule has 6 N–H and O–H groups in total. The molecule has 5 heterocycles. The number of halogens is 1. The summed E-state index contributed by atoms with van der Waals surface area (Å²) in [5, 5.41) is 55.3. The van der Waals surface area contributed by atoms with Crippen LogP contribution >= 0.6 is 22.6 Å². The van der Waals surface area contributed by atoms with E-state index in [2.05, 4.69) is 20.5 Å². The zero-order valence-corrected chi connectivity index (χ0v) is 44.0. The van der Waals surface area contributed by atoms with Crippen molar-refractivity contribution in [3.63, 3.8) is 0 Å². The number of nitrogens with zero attached hydrogens (tertiary/aromatic N) is 3. The molecule has 384 valence electrons. The summed E-state index contributed by atoms with van der Waals surface area (Å²) in [6.07, 6.45) is -5.81. The molecule has 4 saturated heterocycles. The first kappa shape index (κ1) is 54.9. The summed E-state index contributed by atoms with van der Waals surface area (Å²) in [5.41, 5.74) is -3.01. The molecule has 1 unspecified atom stereocenters. The number of hydrogen-bond acceptors (Lipinski definition) is 17. The van der Waals surface area contributed by atoms with Crippen molar-refractivity contribution in [3.8, 4) is 0 Å². The molecule has 1 aromatic heterocycles. The minimum Gasteiger partial charge on any atom is -0.448 e. The number of methoxy groups -OCH3 is 1. The van der Waals surface area contributed by atoms with Crippen molar-refractivity contribution < 1.29 is 63.2 Å². The molecule has 1 aromatic carbocycles. The predicted octanol–water partition coefficient (Wildman–Crippen LogP) is 3.44. The van der Waals surface area contributed by atoms with E-state index in [4.69, 9.17) is 33.2 Å². The number of esters is 1. The smallest absolute Gasteiger partial charge is 0.312 e. The number of aliphatic hydroxyl groups is 4. The summed E-state index contributed by atoms with van der Waals surface area (Å²) in [5.74, 6) is -3.22. The Balaban J connectivity index is 1.39. The second-order valence-corrected chi connectivity index (χ2v) is 21.9. The summed E-state index contributed by atoms with van der Waals surface area (Å²) in [6, 6.07) is 8.66. The number of cyclic esters (lactones) is 1. The van der Waals surface area contributed by atoms with Gasteiger partial charge >= 0.3 is 5.97 Å². The Bertz CT molecular complexity index is 2000. The van der Waals surface area contributed by atoms with Gasteiger partial charge in [-0.2, -0.15) is 0 Å². The highest BCUT2D eigenvalue weighted by Crippen LogP contribution is 2.43. The molecular weight excluding hydrogens is 993 g/mol. The number of hydrogen-bond donors (Lipinski definition) is 6. The molecule has 0 saturated carbocycles. The maximum atomic E-state index is 14.4. The number of aliphatic hydroxyl groups excluding tert-OH is 2. The molecule has 68 heavy (non-hydrogen) atoms. The largest absolute Gasteiger partial charge is 0.448 e. The van der Waals surface area contributed by atoms with Crippen LogP contribution in [0.2, 0.25) is 0 Å². The van der Waals surface area contributed by atoms with Crippen molar-refractivity contribution in [2.75, 3.05) is 53.2 Å². The topological polar surface area (TPSA) is 223 Å². The van der Waals surface area contributed by atoms with Crippen LogP contribution in [0.25, 0.3) is 10.9 Å². The average Bonchev–Trinajstić information content (AvgIpc) is 3.32. The Hall–Kier alpha value is -2.38. The molecule has 19 heteroatoms. The fourth-order valence-corrected chi connectivity index (χ4v) is 11.3. The van der Waals surface area contributed by atoms with E-state index in [1.165, 1.54) is 14.0 Å². The van der Waals surface area contributed by atoms with Gasteiger partial charge in [0.05, 0.1) is 59.7 Å². The number of rotatable bonds is 10. The highest BCUT2D eigenvalue weighted by molar-refractivity contribution is 14.1. The Morgan fingerprint density at radius 3 is 2.40 bits per heavy atom. The van der Waals surface area contributed by atoms with Crippen LogP contribution in [0.4, 0.5) is 5.69 Å². The number of nitrogens with one attached hydrogen (secondary N) is 2. The zero-order valence-electron chi connectivity index (χ0n) is 41.8. The van der Waals surface area contributed by atoms with Crippen LogP contribution in [0.1, 0.15) is 81.1 Å². The lowest BCUT2D eigenvalue weighted by molar-refractivity contribution is -0.319. The van der Waals surface area contributed by atoms with Crippen molar-refractivity contribution >= 4 is 51.1 Å². The number of benzene rings is 1. The molecule has 4 aliphatic rings. The summed E-state index contributed by atoms with van der Waals surface area (Å²) >= 11 is 1.84. The third-order valence-corrected chi connectivity index (χ3v) is 16.6. The lowest BCUT2D eigenvalue weighted by Crippen LogP contribution is -2.60. The van der Waals surface area contributed by atoms with Gasteiger partial charge in [-0.05, 0) is 124 Å². The van der Waals surface area contributed by atoms with Crippen LogP contribution < -0.4 is 10.6 Å². The maximum Gasteiger partial charge on any atom is 0.312 e. The van der Waals surface area contributed by atoms with E-state index in [9.17, 15) is 30.0 Å². The lowest BCUT2D eigenvalue weighted by atomic mass is 9.76. The monoisotopic (exact) mass is 1070 g/mol. The highest BCUT2D eigenvalue weighted by atomic mass is 127. The Kier molecular flexibility index (Phi) is 18.2. The van der Waals surface area contributed by atoms with Gasteiger partial charge in [0.1, 0.15) is 23.9 Å². The number of likely N-dealkylation sites (N-methyl/N-ethyl adjacent to an activating group) is 2. The number of aromatic nitrogens is 1. The molecule has 0 spiro atoms.